The summed E-state index contributed by atoms with van der Waals surface area (Å²) in [6, 6.07) is 0. The lowest BCUT2D eigenvalue weighted by Gasteiger charge is -2.18. The molecule has 0 aliphatic rings. The molecule has 0 fully saturated rings. The van der Waals surface area contributed by atoms with E-state index in [1.54, 1.807) is 0 Å². The fourth-order valence-electron chi connectivity index (χ4n) is 8.08. The van der Waals surface area contributed by atoms with Gasteiger partial charge in [-0.2, -0.15) is 0 Å². The molecule has 0 radical (unpaired) electrons. The Morgan fingerprint density at radius 1 is 0.296 bits per heavy atom. The Labute approximate surface area is 438 Å². The highest BCUT2D eigenvalue weighted by atomic mass is 16.6. The summed E-state index contributed by atoms with van der Waals surface area (Å²) in [5.74, 6) is -0.930. The van der Waals surface area contributed by atoms with Crippen LogP contribution in [0.1, 0.15) is 278 Å². The highest BCUT2D eigenvalue weighted by molar-refractivity contribution is 5.71. The first-order chi connectivity index (χ1) is 35.0. The van der Waals surface area contributed by atoms with Crippen molar-refractivity contribution >= 4 is 17.9 Å². The van der Waals surface area contributed by atoms with Gasteiger partial charge in [-0.3, -0.25) is 14.4 Å². The SMILES string of the molecule is CC/C=C\C/C=C\C/C=C\C/C=C\CCCCCCC(=O)OC(COC(=O)CCCCCCC/C=C\CCCCCC)COC(=O)CCCCCCCCCC/C=C\C/C=C\C/C=C\CCCCCCC. The predicted molar refractivity (Wildman–Crippen MR) is 307 cm³/mol. The second-order valence-electron chi connectivity index (χ2n) is 19.5. The van der Waals surface area contributed by atoms with Crippen LogP contribution < -0.4 is 0 Å². The Morgan fingerprint density at radius 2 is 0.549 bits per heavy atom. The zero-order chi connectivity index (χ0) is 51.4. The van der Waals surface area contributed by atoms with Crippen molar-refractivity contribution in [2.24, 2.45) is 0 Å². The maximum absolute atomic E-state index is 12.9. The molecule has 1 unspecified atom stereocenters. The molecule has 0 rings (SSSR count). The molecule has 0 aromatic rings. The molecule has 0 saturated carbocycles. The van der Waals surface area contributed by atoms with E-state index in [4.69, 9.17) is 14.2 Å². The van der Waals surface area contributed by atoms with Crippen molar-refractivity contribution in [3.05, 3.63) is 97.2 Å². The van der Waals surface area contributed by atoms with Gasteiger partial charge in [0.2, 0.25) is 0 Å². The fraction of sp³-hybridized carbons (Fsp3) is 0.708. The van der Waals surface area contributed by atoms with E-state index in [1.165, 1.54) is 116 Å². The number of carbonyl (C=O) groups excluding carboxylic acids is 3. The Morgan fingerprint density at radius 3 is 0.887 bits per heavy atom. The summed E-state index contributed by atoms with van der Waals surface area (Å²) in [5.41, 5.74) is 0. The van der Waals surface area contributed by atoms with Crippen LogP contribution in [0.2, 0.25) is 0 Å². The van der Waals surface area contributed by atoms with Gasteiger partial charge in [-0.15, -0.1) is 0 Å². The van der Waals surface area contributed by atoms with E-state index in [-0.39, 0.29) is 31.1 Å². The number of allylic oxidation sites excluding steroid dienone is 16. The number of unbranched alkanes of at least 4 members (excludes halogenated alkanes) is 26. The van der Waals surface area contributed by atoms with Crippen LogP contribution >= 0.6 is 0 Å². The smallest absolute Gasteiger partial charge is 0.306 e. The van der Waals surface area contributed by atoms with E-state index in [2.05, 4.69) is 118 Å². The fourth-order valence-corrected chi connectivity index (χ4v) is 8.08. The third kappa shape index (κ3) is 57.1. The molecule has 6 heteroatoms. The molecule has 406 valence electrons. The van der Waals surface area contributed by atoms with Crippen molar-refractivity contribution in [3.63, 3.8) is 0 Å². The topological polar surface area (TPSA) is 78.9 Å². The molecule has 0 N–H and O–H groups in total. The summed E-state index contributed by atoms with van der Waals surface area (Å²) in [6.07, 6.45) is 78.3. The van der Waals surface area contributed by atoms with Crippen LogP contribution in [0.4, 0.5) is 0 Å². The summed E-state index contributed by atoms with van der Waals surface area (Å²) < 4.78 is 16.8. The number of ether oxygens (including phenoxy) is 3. The van der Waals surface area contributed by atoms with Gasteiger partial charge in [-0.25, -0.2) is 0 Å². The molecule has 0 amide bonds. The highest BCUT2D eigenvalue weighted by Crippen LogP contribution is 2.14. The van der Waals surface area contributed by atoms with Crippen molar-refractivity contribution < 1.29 is 28.6 Å². The zero-order valence-electron chi connectivity index (χ0n) is 46.5. The molecular weight excluding hydrogens is 877 g/mol. The molecule has 0 aromatic carbocycles. The quantitative estimate of drug-likeness (QED) is 0.0261. The molecule has 0 aliphatic carbocycles. The van der Waals surface area contributed by atoms with Gasteiger partial charge in [0.05, 0.1) is 0 Å². The Kier molecular flexibility index (Phi) is 55.9. The summed E-state index contributed by atoms with van der Waals surface area (Å²) >= 11 is 0. The van der Waals surface area contributed by atoms with Crippen LogP contribution in [-0.2, 0) is 28.6 Å². The number of rotatable bonds is 53. The maximum atomic E-state index is 12.9. The summed E-state index contributed by atoms with van der Waals surface area (Å²) in [5, 5.41) is 0. The zero-order valence-corrected chi connectivity index (χ0v) is 46.5. The average molecular weight is 988 g/mol. The minimum atomic E-state index is -0.799. The average Bonchev–Trinajstić information content (AvgIpc) is 3.37. The molecule has 6 nitrogen and oxygen atoms in total. The second-order valence-corrected chi connectivity index (χ2v) is 19.5. The molecule has 0 aliphatic heterocycles. The molecule has 0 heterocycles. The highest BCUT2D eigenvalue weighted by Gasteiger charge is 2.19. The third-order valence-electron chi connectivity index (χ3n) is 12.5. The van der Waals surface area contributed by atoms with Crippen molar-refractivity contribution in [1.29, 1.82) is 0 Å². The molecule has 0 aromatic heterocycles. The van der Waals surface area contributed by atoms with Crippen LogP contribution in [0.3, 0.4) is 0 Å². The summed E-state index contributed by atoms with van der Waals surface area (Å²) in [6.45, 7) is 6.47. The van der Waals surface area contributed by atoms with Gasteiger partial charge in [0, 0.05) is 19.3 Å². The lowest BCUT2D eigenvalue weighted by Crippen LogP contribution is -2.30. The van der Waals surface area contributed by atoms with E-state index >= 15 is 0 Å². The second kappa shape index (κ2) is 58.9. The van der Waals surface area contributed by atoms with Crippen LogP contribution in [-0.4, -0.2) is 37.2 Å². The minimum Gasteiger partial charge on any atom is -0.462 e. The standard InChI is InChI=1S/C65H110O6/c1-4-7-10-13-16-19-22-25-27-29-30-31-32-33-34-36-37-40-43-46-49-52-55-58-64(67)70-61-62(60-69-63(66)57-54-51-48-45-42-39-24-21-18-15-12-9-6-3)71-65(68)59-56-53-50-47-44-41-38-35-28-26-23-20-17-14-11-8-5-2/h8,11,17,20-22,24-26,28-30,32-33,38,41,62H,4-7,9-10,12-16,18-19,23,27,31,34-37,39-40,42-61H2,1-3H3/b11-8-,20-17-,24-21-,25-22-,28-26-,30-29-,33-32-,41-38-. The van der Waals surface area contributed by atoms with Gasteiger partial charge in [0.25, 0.3) is 0 Å². The van der Waals surface area contributed by atoms with Gasteiger partial charge in [0.1, 0.15) is 13.2 Å². The van der Waals surface area contributed by atoms with Crippen LogP contribution in [0.15, 0.2) is 97.2 Å². The van der Waals surface area contributed by atoms with Crippen molar-refractivity contribution in [3.8, 4) is 0 Å². The third-order valence-corrected chi connectivity index (χ3v) is 12.5. The number of esters is 3. The first kappa shape index (κ1) is 67.3. The largest absolute Gasteiger partial charge is 0.462 e. The first-order valence-corrected chi connectivity index (χ1v) is 29.7. The van der Waals surface area contributed by atoms with E-state index < -0.39 is 6.10 Å². The van der Waals surface area contributed by atoms with Gasteiger partial charge >= 0.3 is 17.9 Å². The Balaban J connectivity index is 4.40. The monoisotopic (exact) mass is 987 g/mol. The summed E-state index contributed by atoms with van der Waals surface area (Å²) in [7, 11) is 0. The molecule has 71 heavy (non-hydrogen) atoms. The van der Waals surface area contributed by atoms with E-state index in [1.807, 2.05) is 0 Å². The van der Waals surface area contributed by atoms with E-state index in [9.17, 15) is 14.4 Å². The number of hydrogen-bond acceptors (Lipinski definition) is 6. The summed E-state index contributed by atoms with van der Waals surface area (Å²) in [4.78, 5) is 38.2. The van der Waals surface area contributed by atoms with Crippen LogP contribution in [0.25, 0.3) is 0 Å². The molecule has 0 saturated heterocycles. The van der Waals surface area contributed by atoms with Crippen molar-refractivity contribution in [1.82, 2.24) is 0 Å². The molecular formula is C65H110O6. The minimum absolute atomic E-state index is 0.0945. The predicted octanol–water partition coefficient (Wildman–Crippen LogP) is 20.1. The van der Waals surface area contributed by atoms with Crippen molar-refractivity contribution in [2.75, 3.05) is 13.2 Å². The van der Waals surface area contributed by atoms with E-state index in [0.717, 1.165) is 122 Å². The van der Waals surface area contributed by atoms with Crippen LogP contribution in [0, 0.1) is 0 Å². The Hall–Kier alpha value is -3.67. The normalized spacial score (nSPS) is 12.8. The first-order valence-electron chi connectivity index (χ1n) is 29.7. The van der Waals surface area contributed by atoms with E-state index in [0.29, 0.717) is 19.3 Å². The lowest BCUT2D eigenvalue weighted by atomic mass is 10.1. The van der Waals surface area contributed by atoms with Gasteiger partial charge in [-0.1, -0.05) is 234 Å². The maximum Gasteiger partial charge on any atom is 0.306 e. The van der Waals surface area contributed by atoms with Crippen molar-refractivity contribution in [2.45, 2.75) is 284 Å². The molecule has 1 atom stereocenters. The Bertz CT molecular complexity index is 1410. The van der Waals surface area contributed by atoms with Gasteiger partial charge in [0.15, 0.2) is 6.10 Å². The van der Waals surface area contributed by atoms with Crippen LogP contribution in [0.5, 0.6) is 0 Å². The number of hydrogen-bond donors (Lipinski definition) is 0. The molecule has 0 spiro atoms. The van der Waals surface area contributed by atoms with Gasteiger partial charge < -0.3 is 14.2 Å². The van der Waals surface area contributed by atoms with Gasteiger partial charge in [-0.05, 0) is 122 Å². The molecule has 0 bridgehead atoms. The lowest BCUT2D eigenvalue weighted by molar-refractivity contribution is -0.167. The number of carbonyl (C=O) groups is 3.